The highest BCUT2D eigenvalue weighted by atomic mass is 16.5. The Morgan fingerprint density at radius 2 is 1.95 bits per heavy atom. The molecule has 1 aliphatic rings. The van der Waals surface area contributed by atoms with Crippen LogP contribution in [-0.4, -0.2) is 24.4 Å². The van der Waals surface area contributed by atoms with Crippen LogP contribution in [0.1, 0.15) is 31.9 Å². The molecule has 1 saturated heterocycles. The summed E-state index contributed by atoms with van der Waals surface area (Å²) < 4.78 is 4.74. The molecule has 2 atom stereocenters. The number of ketones is 1. The first-order chi connectivity index (χ1) is 8.95. The number of Topliss-reactive ketones (excluding diaryl/α,β-unsaturated/α-hetero) is 1. The number of hydrogen-bond donors (Lipinski definition) is 1. The van der Waals surface area contributed by atoms with Crippen molar-refractivity contribution in [1.82, 2.24) is 5.32 Å². The van der Waals surface area contributed by atoms with Gasteiger partial charge in [-0.2, -0.15) is 0 Å². The van der Waals surface area contributed by atoms with Crippen LogP contribution in [-0.2, 0) is 14.3 Å². The van der Waals surface area contributed by atoms with Crippen LogP contribution in [0, 0.1) is 5.92 Å². The molecule has 0 unspecified atom stereocenters. The molecule has 1 N–H and O–H groups in total. The predicted molar refractivity (Wildman–Crippen MR) is 71.5 cm³/mol. The number of carbonyl (C=O) groups excluding carboxylic acids is 2. The van der Waals surface area contributed by atoms with E-state index in [1.165, 1.54) is 7.11 Å². The van der Waals surface area contributed by atoms with Crippen LogP contribution < -0.4 is 5.32 Å². The largest absolute Gasteiger partial charge is 0.468 e. The Balaban J connectivity index is 2.25. The number of hydrogen-bond acceptors (Lipinski definition) is 4. The summed E-state index contributed by atoms with van der Waals surface area (Å²) >= 11 is 0. The van der Waals surface area contributed by atoms with Gasteiger partial charge >= 0.3 is 5.97 Å². The minimum atomic E-state index is -0.738. The van der Waals surface area contributed by atoms with E-state index in [0.29, 0.717) is 6.42 Å². The highest BCUT2D eigenvalue weighted by Crippen LogP contribution is 2.33. The number of carbonyl (C=O) groups is 2. The number of methoxy groups -OCH3 is 1. The van der Waals surface area contributed by atoms with Crippen LogP contribution in [0.2, 0.25) is 0 Å². The fourth-order valence-electron chi connectivity index (χ4n) is 2.74. The fourth-order valence-corrected chi connectivity index (χ4v) is 2.74. The number of esters is 1. The van der Waals surface area contributed by atoms with Crippen molar-refractivity contribution < 1.29 is 14.3 Å². The summed E-state index contributed by atoms with van der Waals surface area (Å²) in [5.74, 6) is -1.27. The third-order valence-electron chi connectivity index (χ3n) is 3.63. The van der Waals surface area contributed by atoms with Crippen molar-refractivity contribution in [3.63, 3.8) is 0 Å². The summed E-state index contributed by atoms with van der Waals surface area (Å²) in [5.41, 5.74) is 0.454. The van der Waals surface area contributed by atoms with Crippen molar-refractivity contribution in [2.24, 2.45) is 5.92 Å². The Morgan fingerprint density at radius 1 is 1.32 bits per heavy atom. The van der Waals surface area contributed by atoms with Gasteiger partial charge in [-0.15, -0.1) is 0 Å². The molecule has 2 rings (SSSR count). The number of rotatable bonds is 2. The molecule has 1 heterocycles. The van der Waals surface area contributed by atoms with Gasteiger partial charge in [0.2, 0.25) is 0 Å². The maximum absolute atomic E-state index is 12.3. The molecule has 0 saturated carbocycles. The summed E-state index contributed by atoms with van der Waals surface area (Å²) in [4.78, 5) is 24.0. The Hall–Kier alpha value is -1.68. The van der Waals surface area contributed by atoms with Gasteiger partial charge in [-0.3, -0.25) is 9.59 Å². The van der Waals surface area contributed by atoms with Crippen molar-refractivity contribution in [3.05, 3.63) is 35.9 Å². The van der Waals surface area contributed by atoms with Gasteiger partial charge in [-0.05, 0) is 19.4 Å². The van der Waals surface area contributed by atoms with Crippen molar-refractivity contribution in [1.29, 1.82) is 0 Å². The van der Waals surface area contributed by atoms with E-state index >= 15 is 0 Å². The van der Waals surface area contributed by atoms with E-state index in [0.717, 1.165) is 5.56 Å². The van der Waals surface area contributed by atoms with Gasteiger partial charge in [0.05, 0.1) is 7.11 Å². The van der Waals surface area contributed by atoms with Crippen LogP contribution >= 0.6 is 0 Å². The number of piperidine rings is 1. The molecule has 4 heteroatoms. The average Bonchev–Trinajstić information content (AvgIpc) is 2.37. The van der Waals surface area contributed by atoms with E-state index in [4.69, 9.17) is 4.74 Å². The van der Waals surface area contributed by atoms with Gasteiger partial charge in [-0.25, -0.2) is 0 Å². The van der Waals surface area contributed by atoms with Crippen LogP contribution in [0.4, 0.5) is 0 Å². The average molecular weight is 261 g/mol. The summed E-state index contributed by atoms with van der Waals surface area (Å²) in [6.45, 7) is 3.73. The Kier molecular flexibility index (Phi) is 3.71. The molecule has 19 heavy (non-hydrogen) atoms. The molecule has 0 spiro atoms. The first-order valence-corrected chi connectivity index (χ1v) is 6.39. The summed E-state index contributed by atoms with van der Waals surface area (Å²) in [5, 5.41) is 3.38. The fraction of sp³-hybridized carbons (Fsp3) is 0.467. The zero-order valence-electron chi connectivity index (χ0n) is 11.5. The normalized spacial score (nSPS) is 25.9. The molecular weight excluding hydrogens is 242 g/mol. The molecule has 1 aliphatic heterocycles. The molecule has 1 aromatic rings. The molecule has 102 valence electrons. The Labute approximate surface area is 113 Å². The molecule has 1 fully saturated rings. The van der Waals surface area contributed by atoms with Crippen molar-refractivity contribution in [2.45, 2.75) is 31.8 Å². The highest BCUT2D eigenvalue weighted by molar-refractivity contribution is 6.01. The van der Waals surface area contributed by atoms with Gasteiger partial charge in [0, 0.05) is 18.0 Å². The minimum absolute atomic E-state index is 0.0513. The van der Waals surface area contributed by atoms with Crippen LogP contribution in [0.5, 0.6) is 0 Å². The Bertz CT molecular complexity index is 481. The molecular formula is C15H19NO3. The maximum atomic E-state index is 12.3. The third kappa shape index (κ3) is 2.68. The zero-order chi connectivity index (χ0) is 14.0. The van der Waals surface area contributed by atoms with Gasteiger partial charge < -0.3 is 10.1 Å². The number of ether oxygens (including phenoxy) is 1. The third-order valence-corrected chi connectivity index (χ3v) is 3.63. The molecule has 1 aromatic carbocycles. The quantitative estimate of drug-likeness (QED) is 0.652. The summed E-state index contributed by atoms with van der Waals surface area (Å²) in [7, 11) is 1.31. The second kappa shape index (κ2) is 5.13. The first-order valence-electron chi connectivity index (χ1n) is 6.39. The lowest BCUT2D eigenvalue weighted by molar-refractivity contribution is -0.154. The molecule has 4 nitrogen and oxygen atoms in total. The van der Waals surface area contributed by atoms with Gasteiger partial charge in [0.15, 0.2) is 5.78 Å². The molecule has 0 aromatic heterocycles. The van der Waals surface area contributed by atoms with E-state index in [9.17, 15) is 9.59 Å². The maximum Gasteiger partial charge on any atom is 0.318 e. The lowest BCUT2D eigenvalue weighted by Gasteiger charge is -2.41. The topological polar surface area (TPSA) is 55.4 Å². The van der Waals surface area contributed by atoms with Crippen molar-refractivity contribution >= 4 is 11.8 Å². The second-order valence-electron chi connectivity index (χ2n) is 5.46. The van der Waals surface area contributed by atoms with E-state index in [1.807, 2.05) is 44.2 Å². The monoisotopic (exact) mass is 261 g/mol. The second-order valence-corrected chi connectivity index (χ2v) is 5.46. The molecule has 0 aliphatic carbocycles. The highest BCUT2D eigenvalue weighted by Gasteiger charge is 2.47. The van der Waals surface area contributed by atoms with Gasteiger partial charge in [-0.1, -0.05) is 30.3 Å². The molecule has 0 amide bonds. The van der Waals surface area contributed by atoms with E-state index < -0.39 is 17.4 Å². The van der Waals surface area contributed by atoms with E-state index in [2.05, 4.69) is 5.32 Å². The van der Waals surface area contributed by atoms with Gasteiger partial charge in [0.25, 0.3) is 0 Å². The SMILES string of the molecule is COC(=O)[C@H]1C(=O)C[C@H](c2ccccc2)NC1(C)C. The molecule has 0 radical (unpaired) electrons. The number of nitrogens with one attached hydrogen (secondary N) is 1. The van der Waals surface area contributed by atoms with Crippen molar-refractivity contribution in [2.75, 3.05) is 7.11 Å². The zero-order valence-corrected chi connectivity index (χ0v) is 11.5. The van der Waals surface area contributed by atoms with Crippen LogP contribution in [0.3, 0.4) is 0 Å². The summed E-state index contributed by atoms with van der Waals surface area (Å²) in [6.07, 6.45) is 0.313. The smallest absolute Gasteiger partial charge is 0.318 e. The van der Waals surface area contributed by atoms with Crippen molar-refractivity contribution in [3.8, 4) is 0 Å². The summed E-state index contributed by atoms with van der Waals surface area (Å²) in [6, 6.07) is 9.75. The van der Waals surface area contributed by atoms with E-state index in [-0.39, 0.29) is 11.8 Å². The minimum Gasteiger partial charge on any atom is -0.468 e. The van der Waals surface area contributed by atoms with Crippen LogP contribution in [0.25, 0.3) is 0 Å². The lowest BCUT2D eigenvalue weighted by Crippen LogP contribution is -2.58. The Morgan fingerprint density at radius 3 is 2.47 bits per heavy atom. The predicted octanol–water partition coefficient (Wildman–Crippen LogP) is 1.86. The standard InChI is InChI=1S/C15H19NO3/c1-15(2)13(14(18)19-3)12(17)9-11(16-15)10-7-5-4-6-8-10/h4-8,11,13,16H,9H2,1-3H3/t11-,13-/m1/s1. The van der Waals surface area contributed by atoms with Gasteiger partial charge in [0.1, 0.15) is 5.92 Å². The van der Waals surface area contributed by atoms with Crippen LogP contribution in [0.15, 0.2) is 30.3 Å². The van der Waals surface area contributed by atoms with E-state index in [1.54, 1.807) is 0 Å². The lowest BCUT2D eigenvalue weighted by atomic mass is 9.76. The first kappa shape index (κ1) is 13.7. The number of benzene rings is 1. The molecule has 0 bridgehead atoms.